The Kier molecular flexibility index (Phi) is 5.06. The Morgan fingerprint density at radius 1 is 1.21 bits per heavy atom. The summed E-state index contributed by atoms with van der Waals surface area (Å²) in [6.45, 7) is 0.925. The highest BCUT2D eigenvalue weighted by atomic mass is 19.4. The number of hydrogen-bond donors (Lipinski definition) is 0. The Bertz CT molecular complexity index is 491. The Balaban J connectivity index is 1.46. The fraction of sp³-hybridized carbons (Fsp3) is 0.882. The standard InChI is InChI=1S/C17H25F3N2O2/c18-17(19,20)7-6-15(23)22-10-8-16(9-11-22)12-14(21-24-16)13-4-2-1-3-5-13/h13H,1-12H2. The molecule has 0 aromatic rings. The summed E-state index contributed by atoms with van der Waals surface area (Å²) in [7, 11) is 0. The second kappa shape index (κ2) is 6.92. The number of nitrogens with zero attached hydrogens (tertiary/aromatic N) is 2. The lowest BCUT2D eigenvalue weighted by Gasteiger charge is -2.37. The van der Waals surface area contributed by atoms with E-state index in [1.165, 1.54) is 32.1 Å². The molecule has 3 aliphatic rings. The van der Waals surface area contributed by atoms with Crippen molar-refractivity contribution in [3.8, 4) is 0 Å². The Hall–Kier alpha value is -1.27. The lowest BCUT2D eigenvalue weighted by Crippen LogP contribution is -2.47. The zero-order chi connectivity index (χ0) is 17.2. The zero-order valence-corrected chi connectivity index (χ0v) is 13.9. The largest absolute Gasteiger partial charge is 0.389 e. The van der Waals surface area contributed by atoms with E-state index in [1.54, 1.807) is 4.90 Å². The molecule has 0 aromatic heterocycles. The molecule has 7 heteroatoms. The maximum Gasteiger partial charge on any atom is 0.389 e. The van der Waals surface area contributed by atoms with Gasteiger partial charge in [0, 0.05) is 44.7 Å². The molecular weight excluding hydrogens is 321 g/mol. The predicted molar refractivity (Wildman–Crippen MR) is 83.5 cm³/mol. The predicted octanol–water partition coefficient (Wildman–Crippen LogP) is 4.05. The molecule has 3 rings (SSSR count). The van der Waals surface area contributed by atoms with Gasteiger partial charge in [0.15, 0.2) is 0 Å². The van der Waals surface area contributed by atoms with Gasteiger partial charge in [0.05, 0.1) is 12.1 Å². The number of oxime groups is 1. The number of alkyl halides is 3. The van der Waals surface area contributed by atoms with Crippen molar-refractivity contribution in [3.05, 3.63) is 0 Å². The molecule has 136 valence electrons. The number of rotatable bonds is 3. The minimum atomic E-state index is -4.27. The lowest BCUT2D eigenvalue weighted by molar-refractivity contribution is -0.152. The Morgan fingerprint density at radius 3 is 2.50 bits per heavy atom. The summed E-state index contributed by atoms with van der Waals surface area (Å²) in [5.41, 5.74) is 0.833. The molecule has 1 aliphatic carbocycles. The van der Waals surface area contributed by atoms with Crippen LogP contribution in [0.15, 0.2) is 5.16 Å². The van der Waals surface area contributed by atoms with Crippen molar-refractivity contribution in [3.63, 3.8) is 0 Å². The molecule has 0 aromatic carbocycles. The highest BCUT2D eigenvalue weighted by molar-refractivity contribution is 5.88. The maximum absolute atomic E-state index is 12.2. The van der Waals surface area contributed by atoms with Gasteiger partial charge in [-0.2, -0.15) is 13.2 Å². The van der Waals surface area contributed by atoms with E-state index in [0.717, 1.165) is 12.1 Å². The molecule has 24 heavy (non-hydrogen) atoms. The van der Waals surface area contributed by atoms with E-state index in [2.05, 4.69) is 5.16 Å². The number of amides is 1. The highest BCUT2D eigenvalue weighted by Crippen LogP contribution is 2.39. The Labute approximate surface area is 140 Å². The molecule has 1 amide bonds. The van der Waals surface area contributed by atoms with E-state index in [-0.39, 0.29) is 5.60 Å². The van der Waals surface area contributed by atoms with Gasteiger partial charge < -0.3 is 9.74 Å². The first kappa shape index (κ1) is 17.5. The van der Waals surface area contributed by atoms with E-state index in [4.69, 9.17) is 4.84 Å². The lowest BCUT2D eigenvalue weighted by atomic mass is 9.79. The van der Waals surface area contributed by atoms with Crippen molar-refractivity contribution < 1.29 is 22.8 Å². The van der Waals surface area contributed by atoms with Crippen LogP contribution in [-0.2, 0) is 9.63 Å². The van der Waals surface area contributed by atoms with Gasteiger partial charge in [0.2, 0.25) is 5.91 Å². The first-order valence-electron chi connectivity index (χ1n) is 8.96. The average molecular weight is 346 g/mol. The summed E-state index contributed by atoms with van der Waals surface area (Å²) in [6.07, 6.45) is 2.52. The molecule has 2 heterocycles. The molecular formula is C17H25F3N2O2. The number of piperidine rings is 1. The van der Waals surface area contributed by atoms with Crippen LogP contribution in [0.25, 0.3) is 0 Å². The number of hydrogen-bond acceptors (Lipinski definition) is 3. The van der Waals surface area contributed by atoms with Crippen molar-refractivity contribution in [2.75, 3.05) is 13.1 Å². The normalized spacial score (nSPS) is 24.8. The first-order valence-corrected chi connectivity index (χ1v) is 8.96. The minimum Gasteiger partial charge on any atom is -0.389 e. The molecule has 1 saturated carbocycles. The third-order valence-electron chi connectivity index (χ3n) is 5.59. The summed E-state index contributed by atoms with van der Waals surface area (Å²) < 4.78 is 36.7. The van der Waals surface area contributed by atoms with E-state index in [1.807, 2.05) is 0 Å². The fourth-order valence-electron chi connectivity index (χ4n) is 4.04. The third kappa shape index (κ3) is 4.22. The van der Waals surface area contributed by atoms with Crippen LogP contribution < -0.4 is 0 Å². The van der Waals surface area contributed by atoms with Crippen molar-refractivity contribution in [1.29, 1.82) is 0 Å². The van der Waals surface area contributed by atoms with Gasteiger partial charge in [-0.25, -0.2) is 0 Å². The van der Waals surface area contributed by atoms with Crippen molar-refractivity contribution in [2.45, 2.75) is 76.0 Å². The van der Waals surface area contributed by atoms with Gasteiger partial charge in [-0.3, -0.25) is 4.79 Å². The van der Waals surface area contributed by atoms with Gasteiger partial charge >= 0.3 is 6.18 Å². The van der Waals surface area contributed by atoms with Gasteiger partial charge in [0.1, 0.15) is 5.60 Å². The fourth-order valence-corrected chi connectivity index (χ4v) is 4.04. The maximum atomic E-state index is 12.2. The molecule has 0 N–H and O–H groups in total. The van der Waals surface area contributed by atoms with Crippen LogP contribution in [0.2, 0.25) is 0 Å². The summed E-state index contributed by atoms with van der Waals surface area (Å²) in [4.78, 5) is 19.2. The van der Waals surface area contributed by atoms with Crippen LogP contribution in [0.3, 0.4) is 0 Å². The van der Waals surface area contributed by atoms with Gasteiger partial charge in [-0.1, -0.05) is 24.4 Å². The smallest absolute Gasteiger partial charge is 0.389 e. The van der Waals surface area contributed by atoms with E-state index < -0.39 is 24.9 Å². The Morgan fingerprint density at radius 2 is 1.88 bits per heavy atom. The molecule has 2 aliphatic heterocycles. The zero-order valence-electron chi connectivity index (χ0n) is 13.9. The second-order valence-electron chi connectivity index (χ2n) is 7.36. The molecule has 2 fully saturated rings. The topological polar surface area (TPSA) is 41.9 Å². The van der Waals surface area contributed by atoms with Crippen molar-refractivity contribution >= 4 is 11.6 Å². The van der Waals surface area contributed by atoms with Crippen LogP contribution >= 0.6 is 0 Å². The molecule has 1 saturated heterocycles. The third-order valence-corrected chi connectivity index (χ3v) is 5.59. The SMILES string of the molecule is O=C(CCC(F)(F)F)N1CCC2(CC1)CC(C1CCCCC1)=NO2. The molecule has 0 atom stereocenters. The molecule has 1 spiro atoms. The highest BCUT2D eigenvalue weighted by Gasteiger charge is 2.44. The van der Waals surface area contributed by atoms with Crippen LogP contribution in [0.1, 0.15) is 64.2 Å². The van der Waals surface area contributed by atoms with Gasteiger partial charge in [-0.05, 0) is 12.8 Å². The summed E-state index contributed by atoms with van der Waals surface area (Å²) >= 11 is 0. The van der Waals surface area contributed by atoms with Gasteiger partial charge in [-0.15, -0.1) is 0 Å². The summed E-state index contributed by atoms with van der Waals surface area (Å²) in [5.74, 6) is 0.123. The van der Waals surface area contributed by atoms with Crippen LogP contribution in [0.5, 0.6) is 0 Å². The van der Waals surface area contributed by atoms with E-state index in [9.17, 15) is 18.0 Å². The average Bonchev–Trinajstić information content (AvgIpc) is 2.97. The summed E-state index contributed by atoms with van der Waals surface area (Å²) in [5, 5.41) is 4.34. The molecule has 0 unspecified atom stereocenters. The minimum absolute atomic E-state index is 0.326. The van der Waals surface area contributed by atoms with Crippen LogP contribution in [0, 0.1) is 5.92 Å². The molecule has 0 radical (unpaired) electrons. The number of likely N-dealkylation sites (tertiary alicyclic amines) is 1. The molecule has 4 nitrogen and oxygen atoms in total. The number of carbonyl (C=O) groups is 1. The van der Waals surface area contributed by atoms with Crippen molar-refractivity contribution in [1.82, 2.24) is 4.90 Å². The molecule has 0 bridgehead atoms. The monoisotopic (exact) mass is 346 g/mol. The van der Waals surface area contributed by atoms with Gasteiger partial charge in [0.25, 0.3) is 0 Å². The quantitative estimate of drug-likeness (QED) is 0.774. The van der Waals surface area contributed by atoms with E-state index >= 15 is 0 Å². The van der Waals surface area contributed by atoms with Crippen LogP contribution in [-0.4, -0.2) is 41.4 Å². The van der Waals surface area contributed by atoms with Crippen LogP contribution in [0.4, 0.5) is 13.2 Å². The van der Waals surface area contributed by atoms with Crippen molar-refractivity contribution in [2.24, 2.45) is 11.1 Å². The summed E-state index contributed by atoms with van der Waals surface area (Å²) in [6, 6.07) is 0. The number of carbonyl (C=O) groups excluding carboxylic acids is 1. The second-order valence-corrected chi connectivity index (χ2v) is 7.36. The van der Waals surface area contributed by atoms with E-state index in [0.29, 0.717) is 31.8 Å². The number of halogens is 3. The first-order chi connectivity index (χ1) is 11.4.